The Labute approximate surface area is 162 Å². The highest BCUT2D eigenvalue weighted by atomic mass is 16.5. The first kappa shape index (κ1) is 20.9. The second kappa shape index (κ2) is 11.3. The van der Waals surface area contributed by atoms with E-state index in [2.05, 4.69) is 40.4 Å². The Morgan fingerprint density at radius 2 is 2.19 bits per heavy atom. The van der Waals surface area contributed by atoms with Crippen molar-refractivity contribution in [2.24, 2.45) is 0 Å². The quantitative estimate of drug-likeness (QED) is 0.412. The predicted molar refractivity (Wildman–Crippen MR) is 108 cm³/mol. The van der Waals surface area contributed by atoms with Gasteiger partial charge in [-0.05, 0) is 62.3 Å². The van der Waals surface area contributed by atoms with E-state index in [4.69, 9.17) is 16.3 Å². The summed E-state index contributed by atoms with van der Waals surface area (Å²) in [7, 11) is 2.02. The fourth-order valence-electron chi connectivity index (χ4n) is 3.46. The Morgan fingerprint density at radius 1 is 1.37 bits per heavy atom. The van der Waals surface area contributed by atoms with Gasteiger partial charge in [0.05, 0.1) is 13.1 Å². The van der Waals surface area contributed by atoms with Gasteiger partial charge in [-0.15, -0.1) is 6.42 Å². The second-order valence-electron chi connectivity index (χ2n) is 7.01. The number of terminal acetylenes is 1. The molecule has 1 aromatic rings. The molecule has 1 aromatic carbocycles. The van der Waals surface area contributed by atoms with E-state index in [0.29, 0.717) is 19.1 Å². The number of rotatable bonds is 8. The highest BCUT2D eigenvalue weighted by Gasteiger charge is 2.18. The van der Waals surface area contributed by atoms with Crippen LogP contribution in [0.25, 0.3) is 0 Å². The topological polar surface area (TPSA) is 61.8 Å². The number of carbonyl (C=O) groups is 1. The number of hydrogen-bond donors (Lipinski definition) is 2. The summed E-state index contributed by atoms with van der Waals surface area (Å²) in [5.41, 5.74) is 2.45. The average molecular weight is 370 g/mol. The zero-order valence-corrected chi connectivity index (χ0v) is 16.1. The summed E-state index contributed by atoms with van der Waals surface area (Å²) >= 11 is 0. The first-order valence-corrected chi connectivity index (χ1v) is 9.59. The monoisotopic (exact) mass is 370 g/mol. The molecule has 146 valence electrons. The van der Waals surface area contributed by atoms with Gasteiger partial charge in [0.15, 0.2) is 0 Å². The van der Waals surface area contributed by atoms with E-state index < -0.39 is 6.09 Å². The summed E-state index contributed by atoms with van der Waals surface area (Å²) in [6.07, 6.45) is 14.5. The molecule has 1 amide bonds. The largest absolute Gasteiger partial charge is 0.491 e. The minimum Gasteiger partial charge on any atom is -0.491 e. The minimum absolute atomic E-state index is 0.273. The fourth-order valence-corrected chi connectivity index (χ4v) is 3.46. The summed E-state index contributed by atoms with van der Waals surface area (Å²) in [6, 6.07) is 6.33. The van der Waals surface area contributed by atoms with Gasteiger partial charge in [0.25, 0.3) is 0 Å². The zero-order chi connectivity index (χ0) is 19.5. The third kappa shape index (κ3) is 7.36. The van der Waals surface area contributed by atoms with Crippen LogP contribution in [0.5, 0.6) is 5.75 Å². The lowest BCUT2D eigenvalue weighted by molar-refractivity contribution is 0.191. The first-order valence-electron chi connectivity index (χ1n) is 9.59. The van der Waals surface area contributed by atoms with Crippen molar-refractivity contribution in [2.45, 2.75) is 44.6 Å². The highest BCUT2D eigenvalue weighted by Crippen LogP contribution is 2.36. The molecule has 27 heavy (non-hydrogen) atoms. The molecule has 0 bridgehead atoms. The number of amides is 1. The van der Waals surface area contributed by atoms with Gasteiger partial charge in [0, 0.05) is 6.54 Å². The Kier molecular flexibility index (Phi) is 8.73. The summed E-state index contributed by atoms with van der Waals surface area (Å²) < 4.78 is 5.93. The van der Waals surface area contributed by atoms with Crippen molar-refractivity contribution in [2.75, 3.05) is 26.7 Å². The molecule has 5 nitrogen and oxygen atoms in total. The number of benzene rings is 1. The van der Waals surface area contributed by atoms with Crippen LogP contribution in [0.2, 0.25) is 0 Å². The van der Waals surface area contributed by atoms with Gasteiger partial charge in [0.1, 0.15) is 12.4 Å². The van der Waals surface area contributed by atoms with Crippen LogP contribution < -0.4 is 10.1 Å². The van der Waals surface area contributed by atoms with Crippen molar-refractivity contribution < 1.29 is 14.6 Å². The van der Waals surface area contributed by atoms with Crippen LogP contribution in [0.1, 0.15) is 49.1 Å². The fraction of sp³-hybridized carbons (Fsp3) is 0.500. The molecule has 1 aliphatic carbocycles. The maximum absolute atomic E-state index is 10.6. The van der Waals surface area contributed by atoms with Crippen molar-refractivity contribution in [1.82, 2.24) is 10.2 Å². The minimum atomic E-state index is -1.03. The number of carboxylic acid groups (broad SMARTS) is 1. The molecular formula is C22H30N2O3. The molecule has 0 aliphatic heterocycles. The summed E-state index contributed by atoms with van der Waals surface area (Å²) in [5.74, 6) is 3.99. The highest BCUT2D eigenvalue weighted by molar-refractivity contribution is 5.64. The molecule has 1 unspecified atom stereocenters. The number of ether oxygens (including phenoxy) is 1. The lowest BCUT2D eigenvalue weighted by atomic mass is 9.86. The molecule has 0 saturated carbocycles. The molecule has 5 heteroatoms. The molecule has 1 atom stereocenters. The van der Waals surface area contributed by atoms with Crippen LogP contribution in [-0.2, 0) is 6.54 Å². The van der Waals surface area contributed by atoms with Gasteiger partial charge >= 0.3 is 6.09 Å². The Morgan fingerprint density at radius 3 is 2.96 bits per heavy atom. The third-order valence-corrected chi connectivity index (χ3v) is 4.74. The van der Waals surface area contributed by atoms with E-state index in [0.717, 1.165) is 38.0 Å². The van der Waals surface area contributed by atoms with Gasteiger partial charge in [-0.25, -0.2) is 4.79 Å². The van der Waals surface area contributed by atoms with E-state index >= 15 is 0 Å². The van der Waals surface area contributed by atoms with E-state index in [-0.39, 0.29) is 6.54 Å². The maximum atomic E-state index is 10.6. The van der Waals surface area contributed by atoms with Crippen molar-refractivity contribution in [3.63, 3.8) is 0 Å². The van der Waals surface area contributed by atoms with Crippen molar-refractivity contribution >= 4 is 6.09 Å². The van der Waals surface area contributed by atoms with Gasteiger partial charge in [-0.2, -0.15) is 0 Å². The summed E-state index contributed by atoms with van der Waals surface area (Å²) in [6.45, 7) is 2.00. The number of hydrogen-bond acceptors (Lipinski definition) is 3. The molecule has 2 N–H and O–H groups in total. The molecule has 0 aromatic heterocycles. The molecule has 1 aliphatic rings. The van der Waals surface area contributed by atoms with Crippen LogP contribution >= 0.6 is 0 Å². The standard InChI is InChI=1S/C22H30N2O3/c1-3-14-24(2)17-18-11-12-21(27-15-13-23-22(25)26)20(16-18)19-9-7-5-4-6-8-10-19/h1,4-5,11-12,16,19,23H,6-10,13-15,17H2,2H3,(H,25,26). The van der Waals surface area contributed by atoms with Gasteiger partial charge < -0.3 is 15.2 Å². The zero-order valence-electron chi connectivity index (χ0n) is 16.1. The summed E-state index contributed by atoms with van der Waals surface area (Å²) in [4.78, 5) is 12.7. The Hall–Kier alpha value is -2.45. The van der Waals surface area contributed by atoms with Crippen LogP contribution in [0.15, 0.2) is 30.4 Å². The number of allylic oxidation sites excluding steroid dienone is 2. The van der Waals surface area contributed by atoms with Crippen LogP contribution in [-0.4, -0.2) is 42.8 Å². The molecule has 0 spiro atoms. The molecule has 0 fully saturated rings. The summed E-state index contributed by atoms with van der Waals surface area (Å²) in [5, 5.41) is 11.0. The maximum Gasteiger partial charge on any atom is 0.404 e. The van der Waals surface area contributed by atoms with Gasteiger partial charge in [-0.1, -0.05) is 30.2 Å². The SMILES string of the molecule is C#CCN(C)Cc1ccc(OCCNC(=O)O)c(C2CCC=CCCC2)c1. The van der Waals surface area contributed by atoms with Crippen LogP contribution in [0, 0.1) is 12.3 Å². The molecule has 0 radical (unpaired) electrons. The average Bonchev–Trinajstić information content (AvgIpc) is 2.59. The van der Waals surface area contributed by atoms with E-state index in [1.54, 1.807) is 0 Å². The lowest BCUT2D eigenvalue weighted by Gasteiger charge is -2.23. The van der Waals surface area contributed by atoms with Crippen LogP contribution in [0.4, 0.5) is 4.79 Å². The Balaban J connectivity index is 2.16. The molecule has 2 rings (SSSR count). The molecular weight excluding hydrogens is 340 g/mol. The number of nitrogens with zero attached hydrogens (tertiary/aromatic N) is 1. The normalized spacial score (nSPS) is 17.0. The van der Waals surface area contributed by atoms with Crippen molar-refractivity contribution in [3.8, 4) is 18.1 Å². The van der Waals surface area contributed by atoms with Crippen molar-refractivity contribution in [3.05, 3.63) is 41.5 Å². The lowest BCUT2D eigenvalue weighted by Crippen LogP contribution is -2.26. The molecule has 0 saturated heterocycles. The Bertz CT molecular complexity index is 679. The second-order valence-corrected chi connectivity index (χ2v) is 7.01. The molecule has 0 heterocycles. The predicted octanol–water partition coefficient (Wildman–Crippen LogP) is 4.00. The number of nitrogens with one attached hydrogen (secondary N) is 1. The first-order chi connectivity index (χ1) is 13.1. The van der Waals surface area contributed by atoms with E-state index in [1.807, 2.05) is 13.1 Å². The van der Waals surface area contributed by atoms with Crippen LogP contribution in [0.3, 0.4) is 0 Å². The van der Waals surface area contributed by atoms with Gasteiger partial charge in [-0.3, -0.25) is 4.90 Å². The van der Waals surface area contributed by atoms with E-state index in [9.17, 15) is 4.79 Å². The van der Waals surface area contributed by atoms with Gasteiger partial charge in [0.2, 0.25) is 0 Å². The van der Waals surface area contributed by atoms with Crippen molar-refractivity contribution in [1.29, 1.82) is 0 Å². The third-order valence-electron chi connectivity index (χ3n) is 4.74. The van der Waals surface area contributed by atoms with E-state index in [1.165, 1.54) is 17.5 Å². The smallest absolute Gasteiger partial charge is 0.404 e.